The second-order valence-electron chi connectivity index (χ2n) is 7.66. The summed E-state index contributed by atoms with van der Waals surface area (Å²) in [5.41, 5.74) is 0.213. The average Bonchev–Trinajstić information content (AvgIpc) is 2.71. The molecule has 1 saturated heterocycles. The third kappa shape index (κ3) is 8.67. The van der Waals surface area contributed by atoms with E-state index in [2.05, 4.69) is 40.4 Å². The Balaban J connectivity index is 1.67. The Morgan fingerprint density at radius 1 is 1.14 bits per heavy atom. The zero-order chi connectivity index (χ0) is 21.1. The number of nitrogens with zero attached hydrogens (tertiary/aromatic N) is 2. The second kappa shape index (κ2) is 13.1. The Morgan fingerprint density at radius 3 is 2.45 bits per heavy atom. The molecule has 1 fully saturated rings. The van der Waals surface area contributed by atoms with Gasteiger partial charge < -0.3 is 15.3 Å². The van der Waals surface area contributed by atoms with Gasteiger partial charge in [-0.05, 0) is 56.5 Å². The highest BCUT2D eigenvalue weighted by atomic mass is 35.5. The van der Waals surface area contributed by atoms with Crippen LogP contribution in [-0.2, 0) is 10.4 Å². The lowest BCUT2D eigenvalue weighted by Crippen LogP contribution is -2.43. The lowest BCUT2D eigenvalue weighted by atomic mass is 9.84. The van der Waals surface area contributed by atoms with E-state index in [1.807, 2.05) is 24.3 Å². The van der Waals surface area contributed by atoms with E-state index in [0.717, 1.165) is 69.7 Å². The normalized spacial score (nSPS) is 16.9. The number of halogens is 1. The Hall–Kier alpha value is -0.440. The fraction of sp³-hybridized carbons (Fsp3) is 0.667. The monoisotopic (exact) mass is 459 g/mol. The Labute approximate surface area is 191 Å². The number of carbonyl (C=O) groups excluding carboxylic acids is 1. The van der Waals surface area contributed by atoms with Gasteiger partial charge in [0.15, 0.2) is 0 Å². The first-order chi connectivity index (χ1) is 14.0. The molecule has 0 unspecified atom stereocenters. The number of amides is 1. The average molecular weight is 460 g/mol. The van der Waals surface area contributed by atoms with Crippen LogP contribution in [0.3, 0.4) is 0 Å². The lowest BCUT2D eigenvalue weighted by Gasteiger charge is -2.38. The van der Waals surface area contributed by atoms with Gasteiger partial charge in [0, 0.05) is 42.7 Å². The van der Waals surface area contributed by atoms with Crippen molar-refractivity contribution in [3.05, 3.63) is 34.9 Å². The van der Waals surface area contributed by atoms with Crippen LogP contribution >= 0.6 is 36.9 Å². The summed E-state index contributed by atoms with van der Waals surface area (Å²) in [7, 11) is 0. The standard InChI is InChI=1S/C21H34ClN3O2S2/c22-19-5-3-18(4-6-19)21(27)7-12-24(13-8-21)10-1-2-11-25(14-16-29)17-20(26)23-9-15-28/h3-6,27-29H,1-2,7-17H2,(H,23,26). The maximum absolute atomic E-state index is 11.9. The predicted octanol–water partition coefficient (Wildman–Crippen LogP) is 2.68. The van der Waals surface area contributed by atoms with Gasteiger partial charge in [-0.1, -0.05) is 23.7 Å². The maximum atomic E-state index is 11.9. The van der Waals surface area contributed by atoms with Gasteiger partial charge in [-0.15, -0.1) is 0 Å². The van der Waals surface area contributed by atoms with E-state index in [9.17, 15) is 9.90 Å². The molecule has 0 aromatic heterocycles. The minimum atomic E-state index is -0.745. The second-order valence-corrected chi connectivity index (χ2v) is 8.99. The van der Waals surface area contributed by atoms with Gasteiger partial charge in [0.25, 0.3) is 0 Å². The summed E-state index contributed by atoms with van der Waals surface area (Å²) in [6, 6.07) is 7.55. The van der Waals surface area contributed by atoms with Gasteiger partial charge in [0.05, 0.1) is 12.1 Å². The smallest absolute Gasteiger partial charge is 0.234 e. The first-order valence-corrected chi connectivity index (χ1v) is 12.0. The first-order valence-electron chi connectivity index (χ1n) is 10.4. The van der Waals surface area contributed by atoms with Crippen LogP contribution in [0, 0.1) is 0 Å². The van der Waals surface area contributed by atoms with Gasteiger partial charge in [-0.2, -0.15) is 25.3 Å². The van der Waals surface area contributed by atoms with Crippen LogP contribution in [0.1, 0.15) is 31.2 Å². The van der Waals surface area contributed by atoms with Crippen LogP contribution in [0.15, 0.2) is 24.3 Å². The number of nitrogens with one attached hydrogen (secondary N) is 1. The molecule has 2 N–H and O–H groups in total. The van der Waals surface area contributed by atoms with Crippen molar-refractivity contribution >= 4 is 42.8 Å². The Morgan fingerprint density at radius 2 is 1.83 bits per heavy atom. The van der Waals surface area contributed by atoms with E-state index in [1.165, 1.54) is 0 Å². The van der Waals surface area contributed by atoms with Gasteiger partial charge in [0.2, 0.25) is 5.91 Å². The number of hydrogen-bond acceptors (Lipinski definition) is 6. The fourth-order valence-electron chi connectivity index (χ4n) is 3.73. The van der Waals surface area contributed by atoms with Crippen molar-refractivity contribution < 1.29 is 9.90 Å². The molecule has 1 amide bonds. The van der Waals surface area contributed by atoms with Crippen molar-refractivity contribution in [1.82, 2.24) is 15.1 Å². The van der Waals surface area contributed by atoms with Crippen LogP contribution in [-0.4, -0.2) is 78.1 Å². The molecule has 0 radical (unpaired) electrons. The first kappa shape index (κ1) is 24.8. The number of likely N-dealkylation sites (tertiary alicyclic amines) is 1. The molecule has 1 aliphatic heterocycles. The van der Waals surface area contributed by atoms with Crippen molar-refractivity contribution in [3.63, 3.8) is 0 Å². The van der Waals surface area contributed by atoms with E-state index in [-0.39, 0.29) is 5.91 Å². The van der Waals surface area contributed by atoms with Crippen molar-refractivity contribution in [2.45, 2.75) is 31.3 Å². The largest absolute Gasteiger partial charge is 0.385 e. The fourth-order valence-corrected chi connectivity index (χ4v) is 4.25. The summed E-state index contributed by atoms with van der Waals surface area (Å²) in [5, 5.41) is 14.5. The summed E-state index contributed by atoms with van der Waals surface area (Å²) in [5.74, 6) is 1.45. The third-order valence-corrected chi connectivity index (χ3v) is 6.16. The van der Waals surface area contributed by atoms with Gasteiger partial charge in [0.1, 0.15) is 0 Å². The van der Waals surface area contributed by atoms with E-state index < -0.39 is 5.60 Å². The van der Waals surface area contributed by atoms with Crippen molar-refractivity contribution in [3.8, 4) is 0 Å². The summed E-state index contributed by atoms with van der Waals surface area (Å²) < 4.78 is 0. The molecule has 0 atom stereocenters. The SMILES string of the molecule is O=C(CN(CCS)CCCCN1CCC(O)(c2ccc(Cl)cc2)CC1)NCCS. The number of unbranched alkanes of at least 4 members (excludes halogenated alkanes) is 1. The minimum absolute atomic E-state index is 0.0540. The van der Waals surface area contributed by atoms with Crippen LogP contribution in [0.4, 0.5) is 0 Å². The molecule has 164 valence electrons. The summed E-state index contributed by atoms with van der Waals surface area (Å²) in [6.45, 7) is 5.56. The molecule has 2 rings (SSSR count). The molecule has 1 aromatic rings. The molecular formula is C21H34ClN3O2S2. The highest BCUT2D eigenvalue weighted by Gasteiger charge is 2.33. The minimum Gasteiger partial charge on any atom is -0.385 e. The van der Waals surface area contributed by atoms with Crippen LogP contribution in [0.2, 0.25) is 5.02 Å². The highest BCUT2D eigenvalue weighted by molar-refractivity contribution is 7.80. The van der Waals surface area contributed by atoms with Crippen LogP contribution in [0.25, 0.3) is 0 Å². The third-order valence-electron chi connectivity index (χ3n) is 5.48. The number of carbonyl (C=O) groups is 1. The zero-order valence-corrected chi connectivity index (χ0v) is 19.6. The van der Waals surface area contributed by atoms with E-state index in [4.69, 9.17) is 11.6 Å². The Bertz CT molecular complexity index is 610. The van der Waals surface area contributed by atoms with Crippen molar-refractivity contribution in [2.24, 2.45) is 0 Å². The molecule has 0 aliphatic carbocycles. The Kier molecular flexibility index (Phi) is 11.2. The molecular weight excluding hydrogens is 426 g/mol. The zero-order valence-electron chi connectivity index (χ0n) is 17.0. The molecule has 1 aliphatic rings. The molecule has 29 heavy (non-hydrogen) atoms. The summed E-state index contributed by atoms with van der Waals surface area (Å²) in [4.78, 5) is 16.5. The summed E-state index contributed by atoms with van der Waals surface area (Å²) >= 11 is 14.4. The van der Waals surface area contributed by atoms with Gasteiger partial charge in [-0.25, -0.2) is 0 Å². The van der Waals surface area contributed by atoms with E-state index in [0.29, 0.717) is 23.9 Å². The van der Waals surface area contributed by atoms with Crippen molar-refractivity contribution in [1.29, 1.82) is 0 Å². The van der Waals surface area contributed by atoms with Crippen molar-refractivity contribution in [2.75, 3.05) is 57.3 Å². The number of rotatable bonds is 12. The van der Waals surface area contributed by atoms with Gasteiger partial charge >= 0.3 is 0 Å². The van der Waals surface area contributed by atoms with Crippen LogP contribution in [0.5, 0.6) is 0 Å². The molecule has 1 aromatic carbocycles. The highest BCUT2D eigenvalue weighted by Crippen LogP contribution is 2.33. The quantitative estimate of drug-likeness (QED) is 0.287. The van der Waals surface area contributed by atoms with Gasteiger partial charge in [-0.3, -0.25) is 9.69 Å². The molecule has 0 saturated carbocycles. The number of aliphatic hydroxyl groups is 1. The number of piperidine rings is 1. The lowest BCUT2D eigenvalue weighted by molar-refractivity contribution is -0.122. The maximum Gasteiger partial charge on any atom is 0.234 e. The van der Waals surface area contributed by atoms with Crippen LogP contribution < -0.4 is 5.32 Å². The number of thiol groups is 2. The molecule has 8 heteroatoms. The molecule has 5 nitrogen and oxygen atoms in total. The topological polar surface area (TPSA) is 55.8 Å². The van der Waals surface area contributed by atoms with E-state index >= 15 is 0 Å². The number of benzene rings is 1. The molecule has 1 heterocycles. The molecule has 0 bridgehead atoms. The predicted molar refractivity (Wildman–Crippen MR) is 127 cm³/mol. The molecule has 0 spiro atoms. The number of hydrogen-bond donors (Lipinski definition) is 4. The van der Waals surface area contributed by atoms with E-state index in [1.54, 1.807) is 0 Å². The summed E-state index contributed by atoms with van der Waals surface area (Å²) in [6.07, 6.45) is 3.61.